The molecule has 0 spiro atoms. The Hall–Kier alpha value is -5.14. The zero-order valence-electron chi connectivity index (χ0n) is 23.3. The lowest BCUT2D eigenvalue weighted by atomic mass is 9.99. The minimum absolute atomic E-state index is 0.0151. The molecular formula is C32H31N7O3. The topological polar surface area (TPSA) is 94.0 Å². The summed E-state index contributed by atoms with van der Waals surface area (Å²) in [4.78, 5) is 44.2. The molecule has 2 atom stereocenters. The van der Waals surface area contributed by atoms with Crippen molar-refractivity contribution >= 4 is 28.7 Å². The van der Waals surface area contributed by atoms with E-state index in [2.05, 4.69) is 16.3 Å². The van der Waals surface area contributed by atoms with E-state index in [0.717, 1.165) is 27.6 Å². The molecule has 4 amide bonds. The quantitative estimate of drug-likeness (QED) is 0.350. The molecule has 4 aromatic rings. The number of hydrogen-bond donors (Lipinski definition) is 1. The molecule has 10 nitrogen and oxygen atoms in total. The fourth-order valence-electron chi connectivity index (χ4n) is 5.82. The number of hydrogen-bond acceptors (Lipinski definition) is 5. The van der Waals surface area contributed by atoms with Crippen LogP contribution in [0.2, 0.25) is 0 Å². The molecule has 1 aromatic heterocycles. The standard InChI is InChI=1S/C32H31N7O3/c1-3-17-37-27-16-10-15-25(26(27)19-34-37)20-36-21-28-38(35(2)32(42)33-18-23-11-6-4-7-12-23)22-29(40)39(28)30(31(36)41)24-13-8-5-9-14-24/h1,4-16,19,28,30H,17-18,20-22H2,2H3,(H,33,42)/t28-,30+/m1/s1. The zero-order valence-corrected chi connectivity index (χ0v) is 23.3. The maximum Gasteiger partial charge on any atom is 0.332 e. The van der Waals surface area contributed by atoms with Crippen LogP contribution in [0.1, 0.15) is 22.7 Å². The van der Waals surface area contributed by atoms with Crippen LogP contribution in [0.25, 0.3) is 10.9 Å². The summed E-state index contributed by atoms with van der Waals surface area (Å²) >= 11 is 0. The highest BCUT2D eigenvalue weighted by molar-refractivity contribution is 5.93. The highest BCUT2D eigenvalue weighted by Crippen LogP contribution is 2.36. The summed E-state index contributed by atoms with van der Waals surface area (Å²) in [6, 6.07) is 23.7. The second kappa shape index (κ2) is 11.4. The highest BCUT2D eigenvalue weighted by atomic mass is 16.2. The number of fused-ring (bicyclic) bond motifs is 2. The average Bonchev–Trinajstić information content (AvgIpc) is 3.58. The van der Waals surface area contributed by atoms with Crippen molar-refractivity contribution in [3.05, 3.63) is 102 Å². The molecule has 0 unspecified atom stereocenters. The Balaban J connectivity index is 1.30. The molecule has 1 N–H and O–H groups in total. The van der Waals surface area contributed by atoms with Gasteiger partial charge in [-0.2, -0.15) is 10.1 Å². The van der Waals surface area contributed by atoms with Gasteiger partial charge in [0.1, 0.15) is 18.8 Å². The lowest BCUT2D eigenvalue weighted by Gasteiger charge is -2.45. The fraction of sp³-hybridized carbons (Fsp3) is 0.250. The number of piperazine rings is 1. The molecule has 10 heteroatoms. The van der Waals surface area contributed by atoms with Crippen molar-refractivity contribution in [2.24, 2.45) is 0 Å². The molecule has 0 saturated carbocycles. The monoisotopic (exact) mass is 561 g/mol. The van der Waals surface area contributed by atoms with Gasteiger partial charge in [0.15, 0.2) is 0 Å². The van der Waals surface area contributed by atoms with Crippen LogP contribution in [0.4, 0.5) is 4.79 Å². The van der Waals surface area contributed by atoms with Crippen LogP contribution in [-0.4, -0.2) is 73.7 Å². The predicted octanol–water partition coefficient (Wildman–Crippen LogP) is 2.98. The molecule has 2 saturated heterocycles. The van der Waals surface area contributed by atoms with Gasteiger partial charge < -0.3 is 15.1 Å². The molecule has 212 valence electrons. The third-order valence-electron chi connectivity index (χ3n) is 7.92. The first-order valence-corrected chi connectivity index (χ1v) is 13.8. The number of nitrogens with zero attached hydrogens (tertiary/aromatic N) is 6. The van der Waals surface area contributed by atoms with Gasteiger partial charge in [0.25, 0.3) is 5.91 Å². The van der Waals surface area contributed by atoms with Crippen LogP contribution >= 0.6 is 0 Å². The van der Waals surface area contributed by atoms with Crippen molar-refractivity contribution in [1.29, 1.82) is 0 Å². The van der Waals surface area contributed by atoms with Crippen LogP contribution in [0.3, 0.4) is 0 Å². The Morgan fingerprint density at radius 1 is 1.05 bits per heavy atom. The summed E-state index contributed by atoms with van der Waals surface area (Å²) in [5, 5.41) is 11.5. The van der Waals surface area contributed by atoms with Crippen molar-refractivity contribution < 1.29 is 14.4 Å². The Morgan fingerprint density at radius 3 is 2.52 bits per heavy atom. The Bertz CT molecular complexity index is 1660. The normalized spacial score (nSPS) is 18.7. The minimum atomic E-state index is -0.813. The molecule has 0 radical (unpaired) electrons. The van der Waals surface area contributed by atoms with Crippen LogP contribution in [0.5, 0.6) is 0 Å². The van der Waals surface area contributed by atoms with E-state index in [1.165, 1.54) is 5.01 Å². The number of nitrogens with one attached hydrogen (secondary N) is 1. The molecule has 3 aromatic carbocycles. The van der Waals surface area contributed by atoms with E-state index in [-0.39, 0.29) is 30.9 Å². The SMILES string of the molecule is C#CCn1ncc2c(CN3C[C@H]4N(C(=O)CN4N(C)C(=O)NCc4ccccc4)[C@@H](c4ccccc4)C3=O)cccc21. The number of carbonyl (C=O) groups is 3. The Labute approximate surface area is 244 Å². The third-order valence-corrected chi connectivity index (χ3v) is 7.92. The van der Waals surface area contributed by atoms with Crippen LogP contribution in [-0.2, 0) is 29.2 Å². The minimum Gasteiger partial charge on any atom is -0.333 e. The van der Waals surface area contributed by atoms with Gasteiger partial charge in [-0.1, -0.05) is 78.7 Å². The first-order valence-electron chi connectivity index (χ1n) is 13.8. The summed E-state index contributed by atoms with van der Waals surface area (Å²) in [5.41, 5.74) is 3.51. The van der Waals surface area contributed by atoms with E-state index in [0.29, 0.717) is 19.6 Å². The molecule has 3 heterocycles. The lowest BCUT2D eigenvalue weighted by molar-refractivity contribution is -0.157. The number of amides is 4. The summed E-state index contributed by atoms with van der Waals surface area (Å²) in [7, 11) is 1.65. The number of carbonyl (C=O) groups excluding carboxylic acids is 3. The fourth-order valence-corrected chi connectivity index (χ4v) is 5.82. The first-order chi connectivity index (χ1) is 20.5. The van der Waals surface area contributed by atoms with E-state index < -0.39 is 12.2 Å². The molecule has 6 rings (SSSR count). The third kappa shape index (κ3) is 4.95. The van der Waals surface area contributed by atoms with Crippen molar-refractivity contribution in [2.75, 3.05) is 20.1 Å². The molecule has 0 bridgehead atoms. The number of terminal acetylenes is 1. The summed E-state index contributed by atoms with van der Waals surface area (Å²) in [5.74, 6) is 2.25. The van der Waals surface area contributed by atoms with Crippen molar-refractivity contribution in [2.45, 2.75) is 31.8 Å². The smallest absolute Gasteiger partial charge is 0.332 e. The van der Waals surface area contributed by atoms with Crippen LogP contribution < -0.4 is 5.32 Å². The molecule has 2 aliphatic rings. The molecule has 2 fully saturated rings. The maximum atomic E-state index is 14.1. The van der Waals surface area contributed by atoms with E-state index in [4.69, 9.17) is 6.42 Å². The number of rotatable bonds is 7. The van der Waals surface area contributed by atoms with Crippen LogP contribution in [0.15, 0.2) is 85.1 Å². The molecule has 2 aliphatic heterocycles. The number of benzene rings is 3. The van der Waals surface area contributed by atoms with Gasteiger partial charge >= 0.3 is 6.03 Å². The second-order valence-corrected chi connectivity index (χ2v) is 10.4. The van der Waals surface area contributed by atoms with E-state index in [1.54, 1.807) is 32.7 Å². The number of hydrazine groups is 1. The lowest BCUT2D eigenvalue weighted by Crippen LogP contribution is -2.62. The van der Waals surface area contributed by atoms with Crippen LogP contribution in [0, 0.1) is 12.3 Å². The largest absolute Gasteiger partial charge is 0.333 e. The average molecular weight is 562 g/mol. The van der Waals surface area contributed by atoms with Gasteiger partial charge in [-0.3, -0.25) is 19.3 Å². The molecule has 42 heavy (non-hydrogen) atoms. The molecular weight excluding hydrogens is 530 g/mol. The van der Waals surface area contributed by atoms with E-state index >= 15 is 0 Å². The van der Waals surface area contributed by atoms with E-state index in [1.807, 2.05) is 78.9 Å². The maximum absolute atomic E-state index is 14.1. The van der Waals surface area contributed by atoms with Crippen molar-refractivity contribution in [3.8, 4) is 12.3 Å². The van der Waals surface area contributed by atoms with E-state index in [9.17, 15) is 14.4 Å². The van der Waals surface area contributed by atoms with Crippen molar-refractivity contribution in [1.82, 2.24) is 34.9 Å². The van der Waals surface area contributed by atoms with Gasteiger partial charge in [0.2, 0.25) is 5.91 Å². The van der Waals surface area contributed by atoms with Gasteiger partial charge in [0.05, 0.1) is 24.8 Å². The van der Waals surface area contributed by atoms with Gasteiger partial charge in [-0.05, 0) is 22.8 Å². The second-order valence-electron chi connectivity index (χ2n) is 10.4. The van der Waals surface area contributed by atoms with Gasteiger partial charge in [0, 0.05) is 25.5 Å². The van der Waals surface area contributed by atoms with Gasteiger partial charge in [-0.25, -0.2) is 4.79 Å². The number of urea groups is 1. The predicted molar refractivity (Wildman–Crippen MR) is 157 cm³/mol. The summed E-state index contributed by atoms with van der Waals surface area (Å²) < 4.78 is 1.76. The number of aromatic nitrogens is 2. The Kier molecular flexibility index (Phi) is 7.33. The molecule has 0 aliphatic carbocycles. The zero-order chi connectivity index (χ0) is 29.2. The van der Waals surface area contributed by atoms with Crippen molar-refractivity contribution in [3.63, 3.8) is 0 Å². The summed E-state index contributed by atoms with van der Waals surface area (Å²) in [6.45, 7) is 1.24. The van der Waals surface area contributed by atoms with Gasteiger partial charge in [-0.15, -0.1) is 6.42 Å². The highest BCUT2D eigenvalue weighted by Gasteiger charge is 2.52. The Morgan fingerprint density at radius 2 is 1.79 bits per heavy atom. The first kappa shape index (κ1) is 27.1. The summed E-state index contributed by atoms with van der Waals surface area (Å²) in [6.07, 6.45) is 6.76.